The molecule has 3 aromatic rings. The zero-order valence-electron chi connectivity index (χ0n) is 21.0. The van der Waals surface area contributed by atoms with Crippen LogP contribution in [0.5, 0.6) is 0 Å². The monoisotopic (exact) mass is 592 g/mol. The lowest BCUT2D eigenvalue weighted by Gasteiger charge is -2.41. The standard InChI is InChI=1S/C26H26ClFN4O5S2/c1-17-15-29(10-11-31(17)39(36,37)20-5-6-22(27)23(14-20)32(34)35)25(33)16-30-9-7-24-21(8-12-38-24)26(30)18-3-2-4-19(28)13-18/h2-6,8,12-14,17,26H,7,9-11,15-16H2,1H3/t17-,26-/m0/s1. The first kappa shape index (κ1) is 27.7. The highest BCUT2D eigenvalue weighted by Gasteiger charge is 2.38. The van der Waals surface area contributed by atoms with Crippen LogP contribution in [0.3, 0.4) is 0 Å². The maximum atomic E-state index is 14.1. The molecule has 1 fully saturated rings. The molecule has 206 valence electrons. The lowest BCUT2D eigenvalue weighted by atomic mass is 9.93. The molecular weight excluding hydrogens is 567 g/mol. The number of halogens is 2. The SMILES string of the molecule is C[C@H]1CN(C(=O)CN2CCc3sccc3[C@@H]2c2cccc(F)c2)CCN1S(=O)(=O)c1ccc(Cl)c([N+](=O)[O-])c1. The van der Waals surface area contributed by atoms with Gasteiger partial charge < -0.3 is 4.90 Å². The molecule has 0 spiro atoms. The molecule has 0 unspecified atom stereocenters. The number of carbonyl (C=O) groups is 1. The minimum atomic E-state index is -4.05. The Morgan fingerprint density at radius 1 is 1.18 bits per heavy atom. The average Bonchev–Trinajstić information content (AvgIpc) is 3.37. The molecule has 2 aromatic carbocycles. The summed E-state index contributed by atoms with van der Waals surface area (Å²) in [5.41, 5.74) is 1.37. The Hall–Kier alpha value is -2.90. The third-order valence-electron chi connectivity index (χ3n) is 7.21. The van der Waals surface area contributed by atoms with Gasteiger partial charge in [-0.1, -0.05) is 23.7 Å². The van der Waals surface area contributed by atoms with Crippen LogP contribution >= 0.6 is 22.9 Å². The van der Waals surface area contributed by atoms with Crippen LogP contribution in [0.4, 0.5) is 10.1 Å². The van der Waals surface area contributed by atoms with Crippen molar-refractivity contribution in [3.8, 4) is 0 Å². The fourth-order valence-electron chi connectivity index (χ4n) is 5.33. The van der Waals surface area contributed by atoms with Gasteiger partial charge in [0.05, 0.1) is 22.4 Å². The summed E-state index contributed by atoms with van der Waals surface area (Å²) in [7, 11) is -4.05. The molecule has 2 aliphatic heterocycles. The third-order valence-corrected chi connectivity index (χ3v) is 10.5. The zero-order valence-corrected chi connectivity index (χ0v) is 23.4. The Morgan fingerprint density at radius 2 is 1.97 bits per heavy atom. The van der Waals surface area contributed by atoms with Gasteiger partial charge in [-0.15, -0.1) is 11.3 Å². The number of benzene rings is 2. The van der Waals surface area contributed by atoms with E-state index in [0.717, 1.165) is 23.6 Å². The molecule has 39 heavy (non-hydrogen) atoms. The lowest BCUT2D eigenvalue weighted by Crippen LogP contribution is -2.57. The van der Waals surface area contributed by atoms with Gasteiger partial charge in [-0.2, -0.15) is 4.31 Å². The number of hydrogen-bond acceptors (Lipinski definition) is 7. The zero-order chi connectivity index (χ0) is 27.9. The van der Waals surface area contributed by atoms with Gasteiger partial charge in [0.15, 0.2) is 0 Å². The van der Waals surface area contributed by atoms with Crippen molar-refractivity contribution in [2.24, 2.45) is 0 Å². The number of thiophene rings is 1. The van der Waals surface area contributed by atoms with Crippen LogP contribution in [0.1, 0.15) is 29.0 Å². The maximum absolute atomic E-state index is 14.1. The van der Waals surface area contributed by atoms with E-state index < -0.39 is 26.7 Å². The number of nitro benzene ring substituents is 1. The number of carbonyl (C=O) groups excluding carboxylic acids is 1. The number of rotatable bonds is 6. The van der Waals surface area contributed by atoms with E-state index in [1.807, 2.05) is 22.4 Å². The number of amides is 1. The summed E-state index contributed by atoms with van der Waals surface area (Å²) in [4.78, 5) is 28.7. The molecule has 1 saturated heterocycles. The van der Waals surface area contributed by atoms with Gasteiger partial charge in [-0.25, -0.2) is 12.8 Å². The topological polar surface area (TPSA) is 104 Å². The Balaban J connectivity index is 1.31. The van der Waals surface area contributed by atoms with E-state index in [1.54, 1.807) is 29.2 Å². The highest BCUT2D eigenvalue weighted by molar-refractivity contribution is 7.89. The van der Waals surface area contributed by atoms with E-state index in [2.05, 4.69) is 0 Å². The predicted octanol–water partition coefficient (Wildman–Crippen LogP) is 4.32. The molecule has 0 aliphatic carbocycles. The van der Waals surface area contributed by atoms with Crippen LogP contribution in [-0.4, -0.2) is 72.1 Å². The summed E-state index contributed by atoms with van der Waals surface area (Å²) < 4.78 is 42.0. The van der Waals surface area contributed by atoms with Gasteiger partial charge in [0.25, 0.3) is 5.69 Å². The van der Waals surface area contributed by atoms with Gasteiger partial charge in [0.1, 0.15) is 10.8 Å². The van der Waals surface area contributed by atoms with Gasteiger partial charge >= 0.3 is 0 Å². The number of hydrogen-bond donors (Lipinski definition) is 0. The minimum Gasteiger partial charge on any atom is -0.339 e. The largest absolute Gasteiger partial charge is 0.339 e. The quantitative estimate of drug-likeness (QED) is 0.312. The second kappa shape index (κ2) is 10.9. The number of piperazine rings is 1. The summed E-state index contributed by atoms with van der Waals surface area (Å²) >= 11 is 7.51. The Labute approximate surface area is 234 Å². The molecule has 0 N–H and O–H groups in total. The van der Waals surface area contributed by atoms with Gasteiger partial charge in [0.2, 0.25) is 15.9 Å². The van der Waals surface area contributed by atoms with Crippen molar-refractivity contribution in [2.75, 3.05) is 32.7 Å². The molecule has 2 atom stereocenters. The van der Waals surface area contributed by atoms with E-state index in [0.29, 0.717) is 6.54 Å². The van der Waals surface area contributed by atoms with Crippen molar-refractivity contribution in [1.29, 1.82) is 0 Å². The smallest absolute Gasteiger partial charge is 0.289 e. The fourth-order valence-corrected chi connectivity index (χ4v) is 8.06. The van der Waals surface area contributed by atoms with E-state index in [-0.39, 0.29) is 53.9 Å². The molecule has 9 nitrogen and oxygen atoms in total. The summed E-state index contributed by atoms with van der Waals surface area (Å²) in [5.74, 6) is -0.473. The van der Waals surface area contributed by atoms with Crippen molar-refractivity contribution in [3.05, 3.63) is 90.9 Å². The molecule has 0 saturated carbocycles. The van der Waals surface area contributed by atoms with E-state index in [9.17, 15) is 27.7 Å². The number of fused-ring (bicyclic) bond motifs is 1. The average molecular weight is 593 g/mol. The first-order valence-electron chi connectivity index (χ1n) is 12.4. The summed E-state index contributed by atoms with van der Waals surface area (Å²) in [6.45, 7) is 2.86. The van der Waals surface area contributed by atoms with Crippen LogP contribution in [0.25, 0.3) is 0 Å². The maximum Gasteiger partial charge on any atom is 0.289 e. The molecular formula is C26H26ClFN4O5S2. The molecule has 0 bridgehead atoms. The summed E-state index contributed by atoms with van der Waals surface area (Å²) in [6, 6.07) is 11.1. The van der Waals surface area contributed by atoms with Gasteiger partial charge in [-0.3, -0.25) is 19.8 Å². The van der Waals surface area contributed by atoms with Crippen molar-refractivity contribution in [1.82, 2.24) is 14.1 Å². The fraction of sp³-hybridized carbons (Fsp3) is 0.346. The van der Waals surface area contributed by atoms with Crippen LogP contribution in [0, 0.1) is 15.9 Å². The molecule has 1 amide bonds. The number of nitrogens with zero attached hydrogens (tertiary/aromatic N) is 4. The van der Waals surface area contributed by atoms with Crippen molar-refractivity contribution in [2.45, 2.75) is 30.3 Å². The van der Waals surface area contributed by atoms with E-state index >= 15 is 0 Å². The normalized spacial score (nSPS) is 20.5. The molecule has 1 aromatic heterocycles. The predicted molar refractivity (Wildman–Crippen MR) is 146 cm³/mol. The first-order valence-corrected chi connectivity index (χ1v) is 15.1. The Bertz CT molecular complexity index is 1530. The minimum absolute atomic E-state index is 0.0493. The van der Waals surface area contributed by atoms with Crippen molar-refractivity contribution >= 4 is 44.6 Å². The molecule has 3 heterocycles. The van der Waals surface area contributed by atoms with Crippen LogP contribution in [0.2, 0.25) is 5.02 Å². The van der Waals surface area contributed by atoms with E-state index in [1.165, 1.54) is 33.4 Å². The second-order valence-corrected chi connectivity index (χ2v) is 13.0. The second-order valence-electron chi connectivity index (χ2n) is 9.65. The van der Waals surface area contributed by atoms with Crippen LogP contribution in [0.15, 0.2) is 58.8 Å². The molecule has 13 heteroatoms. The highest BCUT2D eigenvalue weighted by atomic mass is 35.5. The lowest BCUT2D eigenvalue weighted by molar-refractivity contribution is -0.384. The number of nitro groups is 1. The Morgan fingerprint density at radius 3 is 2.69 bits per heavy atom. The summed E-state index contributed by atoms with van der Waals surface area (Å²) in [6.07, 6.45) is 0.793. The Kier molecular flexibility index (Phi) is 7.75. The first-order chi connectivity index (χ1) is 18.6. The third kappa shape index (κ3) is 5.44. The van der Waals surface area contributed by atoms with Gasteiger partial charge in [0, 0.05) is 43.2 Å². The van der Waals surface area contributed by atoms with E-state index in [4.69, 9.17) is 11.6 Å². The highest BCUT2D eigenvalue weighted by Crippen LogP contribution is 2.38. The summed E-state index contributed by atoms with van der Waals surface area (Å²) in [5, 5.41) is 13.1. The molecule has 2 aliphatic rings. The number of sulfonamides is 1. The van der Waals surface area contributed by atoms with Crippen LogP contribution in [-0.2, 0) is 21.2 Å². The molecule has 0 radical (unpaired) electrons. The van der Waals surface area contributed by atoms with Gasteiger partial charge in [-0.05, 0) is 60.2 Å². The molecule has 5 rings (SSSR count). The van der Waals surface area contributed by atoms with Crippen molar-refractivity contribution < 1.29 is 22.5 Å². The van der Waals surface area contributed by atoms with Crippen molar-refractivity contribution in [3.63, 3.8) is 0 Å². The van der Waals surface area contributed by atoms with Crippen LogP contribution < -0.4 is 0 Å².